The van der Waals surface area contributed by atoms with Gasteiger partial charge < -0.3 is 13.4 Å². The van der Waals surface area contributed by atoms with Gasteiger partial charge in [0.2, 0.25) is 0 Å². The number of benzene rings is 11. The largest absolute Gasteiger partial charge is 0.456 e. The number of aromatic nitrogens is 1. The molecule has 0 aliphatic heterocycles. The average Bonchev–Trinajstić information content (AvgIpc) is 4.07. The molecule has 0 unspecified atom stereocenters. The van der Waals surface area contributed by atoms with Crippen molar-refractivity contribution in [1.29, 1.82) is 0 Å². The van der Waals surface area contributed by atoms with E-state index in [9.17, 15) is 0 Å². The molecule has 3 heteroatoms. The topological polar surface area (TPSA) is 31.2 Å². The van der Waals surface area contributed by atoms with Crippen molar-refractivity contribution < 1.29 is 8.83 Å². The van der Waals surface area contributed by atoms with Crippen molar-refractivity contribution in [3.63, 3.8) is 0 Å². The summed E-state index contributed by atoms with van der Waals surface area (Å²) in [5, 5.41) is 11.9. The number of hydrogen-bond donors (Lipinski definition) is 0. The van der Waals surface area contributed by atoms with Gasteiger partial charge in [-0.1, -0.05) is 158 Å². The smallest absolute Gasteiger partial charge is 0.143 e. The van der Waals surface area contributed by atoms with Crippen LogP contribution in [0.3, 0.4) is 0 Å². The Morgan fingerprint density at radius 2 is 0.821 bits per heavy atom. The number of hydrogen-bond acceptors (Lipinski definition) is 2. The molecule has 3 aliphatic carbocycles. The molecule has 0 radical (unpaired) electrons. The highest BCUT2D eigenvalue weighted by molar-refractivity contribution is 6.30. The lowest BCUT2D eigenvalue weighted by atomic mass is 9.58. The molecule has 0 saturated heterocycles. The molecule has 0 N–H and O–H groups in total. The second-order valence-electron chi connectivity index (χ2n) is 18.6. The van der Waals surface area contributed by atoms with Gasteiger partial charge in [0.05, 0.1) is 11.0 Å². The van der Waals surface area contributed by atoms with Gasteiger partial charge in [0.1, 0.15) is 22.3 Å². The van der Waals surface area contributed by atoms with Gasteiger partial charge in [0.25, 0.3) is 0 Å². The second kappa shape index (κ2) is 13.0. The number of furan rings is 2. The molecular formula is C64H37NO2. The molecule has 0 spiro atoms. The number of para-hydroxylation sites is 2. The summed E-state index contributed by atoms with van der Waals surface area (Å²) < 4.78 is 15.6. The maximum Gasteiger partial charge on any atom is 0.143 e. The van der Waals surface area contributed by atoms with Crippen molar-refractivity contribution >= 4 is 87.2 Å². The van der Waals surface area contributed by atoms with Crippen LogP contribution in [-0.2, 0) is 0 Å². The van der Waals surface area contributed by atoms with E-state index in [1.54, 1.807) is 0 Å². The fraction of sp³-hybridized carbons (Fsp3) is 0.0312. The molecule has 2 bridgehead atoms. The Hall–Kier alpha value is -8.66. The summed E-state index contributed by atoms with van der Waals surface area (Å²) in [6.45, 7) is 0. The Morgan fingerprint density at radius 1 is 0.313 bits per heavy atom. The predicted molar refractivity (Wildman–Crippen MR) is 276 cm³/mol. The summed E-state index contributed by atoms with van der Waals surface area (Å²) in [6, 6.07) is 78.4. The molecule has 3 aliphatic rings. The van der Waals surface area contributed by atoms with E-state index >= 15 is 0 Å². The first-order chi connectivity index (χ1) is 33.2. The monoisotopic (exact) mass is 851 g/mol. The fourth-order valence-corrected chi connectivity index (χ4v) is 12.6. The molecule has 0 saturated carbocycles. The van der Waals surface area contributed by atoms with Crippen molar-refractivity contribution in [2.75, 3.05) is 0 Å². The highest BCUT2D eigenvalue weighted by Gasteiger charge is 2.44. The van der Waals surface area contributed by atoms with Gasteiger partial charge >= 0.3 is 0 Å². The van der Waals surface area contributed by atoms with Crippen molar-refractivity contribution in [3.05, 3.63) is 246 Å². The van der Waals surface area contributed by atoms with Gasteiger partial charge in [-0.15, -0.1) is 0 Å². The van der Waals surface area contributed by atoms with Crippen LogP contribution in [0.15, 0.2) is 221 Å². The maximum atomic E-state index is 6.82. The zero-order valence-corrected chi connectivity index (χ0v) is 36.1. The van der Waals surface area contributed by atoms with Gasteiger partial charge in [-0.25, -0.2) is 0 Å². The minimum atomic E-state index is 0.0859. The molecular weight excluding hydrogens is 815 g/mol. The van der Waals surface area contributed by atoms with Crippen LogP contribution in [-0.4, -0.2) is 4.57 Å². The van der Waals surface area contributed by atoms with Crippen LogP contribution in [0, 0.1) is 0 Å². The van der Waals surface area contributed by atoms with Crippen LogP contribution in [0.2, 0.25) is 0 Å². The van der Waals surface area contributed by atoms with Gasteiger partial charge in [-0.05, 0) is 120 Å². The van der Waals surface area contributed by atoms with Crippen LogP contribution in [0.4, 0.5) is 0 Å². The Kier molecular flexibility index (Phi) is 6.92. The van der Waals surface area contributed by atoms with E-state index in [4.69, 9.17) is 8.83 Å². The highest BCUT2D eigenvalue weighted by atomic mass is 16.3. The maximum absolute atomic E-state index is 6.82. The molecule has 0 atom stereocenters. The highest BCUT2D eigenvalue weighted by Crippen LogP contribution is 2.60. The third-order valence-electron chi connectivity index (χ3n) is 15.4. The van der Waals surface area contributed by atoms with Crippen LogP contribution < -0.4 is 0 Å². The average molecular weight is 852 g/mol. The predicted octanol–water partition coefficient (Wildman–Crippen LogP) is 17.2. The minimum Gasteiger partial charge on any atom is -0.456 e. The molecule has 67 heavy (non-hydrogen) atoms. The number of fused-ring (bicyclic) bond motifs is 14. The molecule has 14 aromatic rings. The quantitative estimate of drug-likeness (QED) is 0.166. The Bertz CT molecular complexity index is 4430. The molecule has 0 fully saturated rings. The lowest BCUT2D eigenvalue weighted by Gasteiger charge is -2.44. The van der Waals surface area contributed by atoms with E-state index < -0.39 is 0 Å². The van der Waals surface area contributed by atoms with E-state index in [0.29, 0.717) is 0 Å². The summed E-state index contributed by atoms with van der Waals surface area (Å²) >= 11 is 0. The fourth-order valence-electron chi connectivity index (χ4n) is 12.6. The van der Waals surface area contributed by atoms with Crippen LogP contribution in [0.25, 0.3) is 115 Å². The summed E-state index contributed by atoms with van der Waals surface area (Å²) in [5.74, 6) is 0.173. The zero-order valence-electron chi connectivity index (χ0n) is 36.1. The van der Waals surface area contributed by atoms with Gasteiger partial charge in [-0.3, -0.25) is 0 Å². The summed E-state index contributed by atoms with van der Waals surface area (Å²) in [5.41, 5.74) is 20.5. The first-order valence-electron chi connectivity index (χ1n) is 23.3. The number of nitrogens with zero attached hydrogens (tertiary/aromatic N) is 1. The zero-order chi connectivity index (χ0) is 43.5. The molecule has 310 valence electrons. The molecule has 3 heterocycles. The summed E-state index contributed by atoms with van der Waals surface area (Å²) in [6.07, 6.45) is 0. The van der Waals surface area contributed by atoms with Gasteiger partial charge in [0, 0.05) is 61.3 Å². The molecule has 3 nitrogen and oxygen atoms in total. The van der Waals surface area contributed by atoms with Crippen molar-refractivity contribution in [3.8, 4) is 27.9 Å². The normalized spacial score (nSPS) is 15.2. The van der Waals surface area contributed by atoms with Gasteiger partial charge in [0.15, 0.2) is 0 Å². The Morgan fingerprint density at radius 3 is 1.52 bits per heavy atom. The molecule has 0 amide bonds. The van der Waals surface area contributed by atoms with E-state index in [-0.39, 0.29) is 11.8 Å². The summed E-state index contributed by atoms with van der Waals surface area (Å²) in [4.78, 5) is 0. The molecule has 17 rings (SSSR count). The Balaban J connectivity index is 0.943. The van der Waals surface area contributed by atoms with Crippen LogP contribution >= 0.6 is 0 Å². The number of rotatable bonds is 3. The molecule has 3 aromatic heterocycles. The van der Waals surface area contributed by atoms with Crippen molar-refractivity contribution in [2.45, 2.75) is 11.8 Å². The second-order valence-corrected chi connectivity index (χ2v) is 18.6. The SMILES string of the molecule is c1ccc2c(c1)C1c3ccccc3C2c2c(-c3ccc4c(c3)c3ccccc3n4-c3ccc4c(c3)oc3ccccc34)ccc(-c3ccc4oc5c6ccccc6c6ccccc6c5c4c3)c21. The first-order valence-corrected chi connectivity index (χ1v) is 23.3. The van der Waals surface area contributed by atoms with Crippen molar-refractivity contribution in [2.24, 2.45) is 0 Å². The Labute approximate surface area is 384 Å². The third-order valence-corrected chi connectivity index (χ3v) is 15.4. The standard InChI is InChI=1S/C64H37NO2/c1-3-17-46-41(13-1)42-14-2-8-22-51(42)64-61(46)53-34-37(26-32-57(53)67-64)40-30-29-39(62-59-47-18-4-6-20-49(47)60(63(40)62)50-21-7-5-19-48(50)59)36-25-31-55-52(33-36)43-15-9-11-23-54(43)65(55)38-27-28-45-44-16-10-12-24-56(44)66-58(45)35-38/h1-35,59-60H. The molecule has 11 aromatic carbocycles. The lowest BCUT2D eigenvalue weighted by Crippen LogP contribution is -2.28. The van der Waals surface area contributed by atoms with E-state index in [0.717, 1.165) is 49.6 Å². The van der Waals surface area contributed by atoms with Crippen LogP contribution in [0.1, 0.15) is 45.2 Å². The lowest BCUT2D eigenvalue weighted by molar-refractivity contribution is 0.668. The third kappa shape index (κ3) is 4.70. The van der Waals surface area contributed by atoms with Gasteiger partial charge in [-0.2, -0.15) is 0 Å². The minimum absolute atomic E-state index is 0.0859. The van der Waals surface area contributed by atoms with Crippen LogP contribution in [0.5, 0.6) is 0 Å². The van der Waals surface area contributed by atoms with E-state index in [1.165, 1.54) is 99.0 Å². The first kappa shape index (κ1) is 35.7. The summed E-state index contributed by atoms with van der Waals surface area (Å²) in [7, 11) is 0. The van der Waals surface area contributed by atoms with E-state index in [1.807, 2.05) is 12.1 Å². The van der Waals surface area contributed by atoms with E-state index in [2.05, 4.69) is 205 Å². The van der Waals surface area contributed by atoms with Crippen molar-refractivity contribution in [1.82, 2.24) is 4.57 Å².